The van der Waals surface area contributed by atoms with E-state index in [1.165, 1.54) is 0 Å². The van der Waals surface area contributed by atoms with E-state index >= 15 is 0 Å². The normalized spacial score (nSPS) is 11.3. The first-order chi connectivity index (χ1) is 13.6. The van der Waals surface area contributed by atoms with Gasteiger partial charge >= 0.3 is 6.09 Å². The Kier molecular flexibility index (Phi) is 6.49. The molecule has 0 unspecified atom stereocenters. The van der Waals surface area contributed by atoms with Crippen molar-refractivity contribution in [3.63, 3.8) is 0 Å². The zero-order valence-electron chi connectivity index (χ0n) is 16.7. The Morgan fingerprint density at radius 3 is 1.43 bits per heavy atom. The predicted molar refractivity (Wildman–Crippen MR) is 119 cm³/mol. The fourth-order valence-corrected chi connectivity index (χ4v) is 8.07. The Morgan fingerprint density at radius 2 is 1.14 bits per heavy atom. The molecule has 0 fully saturated rings. The number of rotatable bonds is 6. The third-order valence-electron chi connectivity index (χ3n) is 4.66. The van der Waals surface area contributed by atoms with Crippen LogP contribution in [0.3, 0.4) is 0 Å². The first-order valence-electron chi connectivity index (χ1n) is 9.64. The molecule has 0 N–H and O–H groups in total. The standard InChI is InChI=1S/C24H27NO2P/c1-4-27-24(26)25(20(2)3)28(21-14-8-5-9-15-21,22-16-10-6-11-17-22)23-18-12-7-13-19-23/h5-20H,4H2,1-3H3/q+1. The van der Waals surface area contributed by atoms with E-state index < -0.39 is 7.41 Å². The van der Waals surface area contributed by atoms with Crippen LogP contribution in [0.15, 0.2) is 91.0 Å². The number of benzene rings is 3. The van der Waals surface area contributed by atoms with Crippen molar-refractivity contribution in [1.29, 1.82) is 0 Å². The monoisotopic (exact) mass is 392 g/mol. The number of carbonyl (C=O) groups excluding carboxylic acids is 1. The summed E-state index contributed by atoms with van der Waals surface area (Å²) in [7, 11) is -2.45. The first-order valence-corrected chi connectivity index (χ1v) is 11.4. The van der Waals surface area contributed by atoms with E-state index in [1.807, 2.05) is 66.2 Å². The summed E-state index contributed by atoms with van der Waals surface area (Å²) < 4.78 is 7.52. The van der Waals surface area contributed by atoms with Gasteiger partial charge in [-0.25, -0.2) is 4.79 Å². The molecule has 0 spiro atoms. The summed E-state index contributed by atoms with van der Waals surface area (Å²) in [5.41, 5.74) is 0. The fraction of sp³-hybridized carbons (Fsp3) is 0.208. The van der Waals surface area contributed by atoms with Gasteiger partial charge in [-0.3, -0.25) is 0 Å². The Morgan fingerprint density at radius 1 is 0.786 bits per heavy atom. The van der Waals surface area contributed by atoms with Crippen LogP contribution in [0.2, 0.25) is 0 Å². The van der Waals surface area contributed by atoms with Gasteiger partial charge in [0.2, 0.25) is 7.41 Å². The highest BCUT2D eigenvalue weighted by molar-refractivity contribution is 7.94. The lowest BCUT2D eigenvalue weighted by atomic mass is 10.4. The molecule has 0 aliphatic heterocycles. The van der Waals surface area contributed by atoms with Crippen molar-refractivity contribution in [2.45, 2.75) is 26.8 Å². The van der Waals surface area contributed by atoms with E-state index in [4.69, 9.17) is 4.74 Å². The summed E-state index contributed by atoms with van der Waals surface area (Å²) >= 11 is 0. The van der Waals surface area contributed by atoms with Crippen molar-refractivity contribution in [3.05, 3.63) is 91.0 Å². The second kappa shape index (κ2) is 9.03. The summed E-state index contributed by atoms with van der Waals surface area (Å²) in [4.78, 5) is 13.3. The van der Waals surface area contributed by atoms with Gasteiger partial charge in [0, 0.05) is 0 Å². The van der Waals surface area contributed by atoms with Gasteiger partial charge in [0.1, 0.15) is 15.9 Å². The maximum atomic E-state index is 13.3. The van der Waals surface area contributed by atoms with Crippen molar-refractivity contribution < 1.29 is 9.53 Å². The largest absolute Gasteiger partial charge is 0.448 e. The fourth-order valence-electron chi connectivity index (χ4n) is 3.62. The van der Waals surface area contributed by atoms with Gasteiger partial charge in [-0.15, -0.1) is 0 Å². The molecule has 28 heavy (non-hydrogen) atoms. The van der Waals surface area contributed by atoms with Gasteiger partial charge in [-0.05, 0) is 57.2 Å². The number of amides is 1. The van der Waals surface area contributed by atoms with Crippen LogP contribution in [0.4, 0.5) is 4.79 Å². The minimum Gasteiger partial charge on any atom is -0.448 e. The van der Waals surface area contributed by atoms with Crippen LogP contribution in [-0.4, -0.2) is 23.4 Å². The third-order valence-corrected chi connectivity index (χ3v) is 9.06. The molecule has 0 aliphatic carbocycles. The second-order valence-corrected chi connectivity index (χ2v) is 10.0. The highest BCUT2D eigenvalue weighted by Crippen LogP contribution is 2.59. The number of hydrogen-bond acceptors (Lipinski definition) is 2. The van der Waals surface area contributed by atoms with Crippen molar-refractivity contribution in [3.8, 4) is 0 Å². The van der Waals surface area contributed by atoms with Crippen molar-refractivity contribution in [2.75, 3.05) is 6.61 Å². The van der Waals surface area contributed by atoms with E-state index in [1.54, 1.807) is 0 Å². The summed E-state index contributed by atoms with van der Waals surface area (Å²) in [5, 5.41) is 3.40. The minimum atomic E-state index is -2.45. The molecule has 0 aromatic heterocycles. The average molecular weight is 392 g/mol. The summed E-state index contributed by atoms with van der Waals surface area (Å²) in [5.74, 6) is 0. The average Bonchev–Trinajstić information content (AvgIpc) is 2.73. The van der Waals surface area contributed by atoms with E-state index in [2.05, 4.69) is 50.2 Å². The lowest BCUT2D eigenvalue weighted by Crippen LogP contribution is -2.49. The van der Waals surface area contributed by atoms with Gasteiger partial charge in [0.05, 0.1) is 12.6 Å². The van der Waals surface area contributed by atoms with Crippen LogP contribution in [-0.2, 0) is 4.74 Å². The van der Waals surface area contributed by atoms with Crippen LogP contribution < -0.4 is 15.9 Å². The van der Waals surface area contributed by atoms with Crippen LogP contribution in [0.1, 0.15) is 20.8 Å². The molecule has 0 radical (unpaired) electrons. The lowest BCUT2D eigenvalue weighted by molar-refractivity contribution is 0.126. The molecule has 144 valence electrons. The predicted octanol–water partition coefficient (Wildman–Crippen LogP) is 4.76. The molecular weight excluding hydrogens is 365 g/mol. The van der Waals surface area contributed by atoms with Crippen LogP contribution in [0.5, 0.6) is 0 Å². The number of nitrogens with zero attached hydrogens (tertiary/aromatic N) is 1. The molecule has 0 saturated heterocycles. The highest BCUT2D eigenvalue weighted by Gasteiger charge is 2.55. The van der Waals surface area contributed by atoms with Gasteiger partial charge in [0.15, 0.2) is 0 Å². The molecule has 4 heteroatoms. The SMILES string of the molecule is CCOC(=O)N(C(C)C)[P+](c1ccccc1)(c1ccccc1)c1ccccc1. The highest BCUT2D eigenvalue weighted by atomic mass is 31.2. The Balaban J connectivity index is 2.41. The van der Waals surface area contributed by atoms with Gasteiger partial charge < -0.3 is 4.74 Å². The Labute approximate surface area is 168 Å². The van der Waals surface area contributed by atoms with Crippen molar-refractivity contribution >= 4 is 29.4 Å². The summed E-state index contributed by atoms with van der Waals surface area (Å²) in [6, 6.07) is 31.0. The molecule has 3 aromatic rings. The Bertz CT molecular complexity index is 786. The molecular formula is C24H27NO2P+. The van der Waals surface area contributed by atoms with E-state index in [0.717, 1.165) is 15.9 Å². The minimum absolute atomic E-state index is 0.0343. The molecule has 3 nitrogen and oxygen atoms in total. The first kappa shape index (κ1) is 20.1. The van der Waals surface area contributed by atoms with Gasteiger partial charge in [-0.1, -0.05) is 54.6 Å². The zero-order valence-corrected chi connectivity index (χ0v) is 17.6. The Hall–Kier alpha value is -2.64. The van der Waals surface area contributed by atoms with Crippen LogP contribution >= 0.6 is 7.41 Å². The maximum Gasteiger partial charge on any atom is 0.443 e. The third kappa shape index (κ3) is 3.68. The van der Waals surface area contributed by atoms with E-state index in [9.17, 15) is 4.79 Å². The zero-order chi connectivity index (χ0) is 20.0. The number of ether oxygens (including phenoxy) is 1. The summed E-state index contributed by atoms with van der Waals surface area (Å²) in [6.07, 6.45) is -0.276. The number of carbonyl (C=O) groups is 1. The lowest BCUT2D eigenvalue weighted by Gasteiger charge is -2.38. The van der Waals surface area contributed by atoms with Crippen LogP contribution in [0.25, 0.3) is 0 Å². The molecule has 3 rings (SSSR count). The van der Waals surface area contributed by atoms with E-state index in [-0.39, 0.29) is 12.1 Å². The molecule has 0 heterocycles. The van der Waals surface area contributed by atoms with Gasteiger partial charge in [-0.2, -0.15) is 4.67 Å². The quantitative estimate of drug-likeness (QED) is 0.566. The molecule has 0 atom stereocenters. The van der Waals surface area contributed by atoms with Crippen molar-refractivity contribution in [1.82, 2.24) is 4.67 Å². The summed E-state index contributed by atoms with van der Waals surface area (Å²) in [6.45, 7) is 6.31. The smallest absolute Gasteiger partial charge is 0.443 e. The molecule has 1 amide bonds. The van der Waals surface area contributed by atoms with Gasteiger partial charge in [0.25, 0.3) is 0 Å². The van der Waals surface area contributed by atoms with Crippen LogP contribution in [0, 0.1) is 0 Å². The molecule has 0 aliphatic rings. The maximum absolute atomic E-state index is 13.3. The van der Waals surface area contributed by atoms with Crippen molar-refractivity contribution in [2.24, 2.45) is 0 Å². The molecule has 0 saturated carbocycles. The van der Waals surface area contributed by atoms with E-state index in [0.29, 0.717) is 6.61 Å². The molecule has 0 bridgehead atoms. The topological polar surface area (TPSA) is 29.5 Å². The number of hydrogen-bond donors (Lipinski definition) is 0. The molecule has 3 aromatic carbocycles. The second-order valence-electron chi connectivity index (χ2n) is 6.78.